The summed E-state index contributed by atoms with van der Waals surface area (Å²) in [5.74, 6) is 1.15. The molecule has 2 fully saturated rings. The Hall–Kier alpha value is -1.75. The number of aromatic nitrogens is 2. The van der Waals surface area contributed by atoms with Gasteiger partial charge in [0.1, 0.15) is 6.04 Å². The summed E-state index contributed by atoms with van der Waals surface area (Å²) in [5.41, 5.74) is 5.36. The Morgan fingerprint density at radius 2 is 2.08 bits per heavy atom. The number of nitrogens with zero attached hydrogens (tertiary/aromatic N) is 4. The molecule has 4 heterocycles. The molecule has 0 aromatic carbocycles. The summed E-state index contributed by atoms with van der Waals surface area (Å²) in [6.45, 7) is 6.86. The fourth-order valence-corrected chi connectivity index (χ4v) is 6.02. The number of fused-ring (bicyclic) bond motifs is 1. The zero-order valence-corrected chi connectivity index (χ0v) is 16.5. The Labute approximate surface area is 159 Å². The van der Waals surface area contributed by atoms with Gasteiger partial charge in [0.25, 0.3) is 0 Å². The highest BCUT2D eigenvalue weighted by Gasteiger charge is 2.46. The molecule has 1 saturated carbocycles. The van der Waals surface area contributed by atoms with Crippen LogP contribution in [0.4, 0.5) is 0 Å². The van der Waals surface area contributed by atoms with Gasteiger partial charge in [-0.3, -0.25) is 9.98 Å². The highest BCUT2D eigenvalue weighted by atomic mass is 32.2. The van der Waals surface area contributed by atoms with Gasteiger partial charge in [-0.15, -0.1) is 0 Å². The van der Waals surface area contributed by atoms with E-state index in [1.54, 1.807) is 0 Å². The minimum Gasteiger partial charge on any atom is -0.346 e. The van der Waals surface area contributed by atoms with Crippen molar-refractivity contribution in [3.63, 3.8) is 0 Å². The maximum atomic E-state index is 5.15. The van der Waals surface area contributed by atoms with Gasteiger partial charge in [-0.05, 0) is 56.9 Å². The second kappa shape index (κ2) is 6.15. The maximum Gasteiger partial charge on any atom is 0.160 e. The van der Waals surface area contributed by atoms with Crippen LogP contribution in [0.2, 0.25) is 0 Å². The third-order valence-corrected chi connectivity index (χ3v) is 7.21. The van der Waals surface area contributed by atoms with Crippen LogP contribution in [0.15, 0.2) is 35.5 Å². The van der Waals surface area contributed by atoms with E-state index in [0.717, 1.165) is 11.4 Å². The van der Waals surface area contributed by atoms with Crippen molar-refractivity contribution < 1.29 is 0 Å². The van der Waals surface area contributed by atoms with Crippen LogP contribution in [0.5, 0.6) is 0 Å². The second-order valence-electron chi connectivity index (χ2n) is 7.76. The van der Waals surface area contributed by atoms with E-state index in [4.69, 9.17) is 4.99 Å². The molecule has 0 amide bonds. The molecule has 5 heteroatoms. The van der Waals surface area contributed by atoms with Crippen molar-refractivity contribution in [2.45, 2.75) is 64.2 Å². The molecule has 5 rings (SSSR count). The fraction of sp³-hybridized carbons (Fsp3) is 0.524. The molecule has 136 valence electrons. The average molecular weight is 367 g/mol. The minimum atomic E-state index is 0.0983. The Kier molecular flexibility index (Phi) is 3.89. The molecule has 2 aromatic rings. The van der Waals surface area contributed by atoms with Crippen molar-refractivity contribution in [3.8, 4) is 0 Å². The third kappa shape index (κ3) is 2.43. The molecule has 0 spiro atoms. The minimum absolute atomic E-state index is 0.0983. The van der Waals surface area contributed by atoms with Crippen LogP contribution < -0.4 is 0 Å². The van der Waals surface area contributed by atoms with Crippen LogP contribution in [-0.4, -0.2) is 31.4 Å². The predicted molar refractivity (Wildman–Crippen MR) is 108 cm³/mol. The lowest BCUT2D eigenvalue weighted by molar-refractivity contribution is 0.254. The number of aliphatic imine (C=N–C) groups is 1. The topological polar surface area (TPSA) is 33.4 Å². The van der Waals surface area contributed by atoms with E-state index < -0.39 is 0 Å². The Balaban J connectivity index is 1.62. The molecule has 0 bridgehead atoms. The number of thioether (sulfide) groups is 1. The molecule has 3 unspecified atom stereocenters. The normalized spacial score (nSPS) is 27.7. The van der Waals surface area contributed by atoms with E-state index in [9.17, 15) is 0 Å². The van der Waals surface area contributed by atoms with E-state index in [0.29, 0.717) is 12.1 Å². The molecule has 2 aromatic heterocycles. The van der Waals surface area contributed by atoms with E-state index in [1.807, 2.05) is 24.0 Å². The molecular weight excluding hydrogens is 340 g/mol. The number of hydrogen-bond donors (Lipinski definition) is 0. The van der Waals surface area contributed by atoms with Crippen LogP contribution in [0.25, 0.3) is 0 Å². The monoisotopic (exact) mass is 366 g/mol. The maximum absolute atomic E-state index is 5.15. The lowest BCUT2D eigenvalue weighted by atomic mass is 9.95. The summed E-state index contributed by atoms with van der Waals surface area (Å²) in [6.07, 6.45) is 5.71. The lowest BCUT2D eigenvalue weighted by Gasteiger charge is -2.32. The Morgan fingerprint density at radius 3 is 2.77 bits per heavy atom. The van der Waals surface area contributed by atoms with Crippen LogP contribution in [0.1, 0.15) is 67.0 Å². The summed E-state index contributed by atoms with van der Waals surface area (Å²) in [7, 11) is 0. The van der Waals surface area contributed by atoms with Gasteiger partial charge in [0.2, 0.25) is 0 Å². The standard InChI is InChI=1S/C21H26N4S/c1-4-15-12-26-21-23-19(18-7-5-6-10-22-18)20(25(15)21)17-11-13(2)24(14(17)3)16-8-9-16/h5-7,10-11,15-16,19-20H,4,8-9,12H2,1-3H3. The highest BCUT2D eigenvalue weighted by Crippen LogP contribution is 2.50. The first-order chi connectivity index (χ1) is 12.7. The van der Waals surface area contributed by atoms with Crippen LogP contribution in [-0.2, 0) is 0 Å². The van der Waals surface area contributed by atoms with Gasteiger partial charge >= 0.3 is 0 Å². The van der Waals surface area contributed by atoms with Crippen LogP contribution >= 0.6 is 11.8 Å². The molecular formula is C21H26N4S. The molecule has 1 aliphatic carbocycles. The number of amidine groups is 1. The van der Waals surface area contributed by atoms with E-state index in [1.165, 1.54) is 41.4 Å². The molecule has 1 saturated heterocycles. The Bertz CT molecular complexity index is 852. The predicted octanol–water partition coefficient (Wildman–Crippen LogP) is 4.81. The first-order valence-electron chi connectivity index (χ1n) is 9.77. The number of rotatable bonds is 4. The largest absolute Gasteiger partial charge is 0.346 e. The van der Waals surface area contributed by atoms with Crippen molar-refractivity contribution >= 4 is 16.9 Å². The quantitative estimate of drug-likeness (QED) is 0.778. The zero-order valence-electron chi connectivity index (χ0n) is 15.7. The zero-order chi connectivity index (χ0) is 17.8. The highest BCUT2D eigenvalue weighted by molar-refractivity contribution is 8.14. The summed E-state index contributed by atoms with van der Waals surface area (Å²) in [5, 5.41) is 1.22. The average Bonchev–Trinajstić information content (AvgIpc) is 3.19. The van der Waals surface area contributed by atoms with Gasteiger partial charge < -0.3 is 9.47 Å². The van der Waals surface area contributed by atoms with E-state index in [-0.39, 0.29) is 12.1 Å². The molecule has 0 N–H and O–H groups in total. The third-order valence-electron chi connectivity index (χ3n) is 6.08. The first-order valence-corrected chi connectivity index (χ1v) is 10.8. The first kappa shape index (κ1) is 16.4. The number of hydrogen-bond acceptors (Lipinski definition) is 4. The van der Waals surface area contributed by atoms with Crippen LogP contribution in [0, 0.1) is 13.8 Å². The molecule has 2 aliphatic heterocycles. The molecule has 4 nitrogen and oxygen atoms in total. The van der Waals surface area contributed by atoms with Crippen LogP contribution in [0.3, 0.4) is 0 Å². The summed E-state index contributed by atoms with van der Waals surface area (Å²) in [6, 6.07) is 10.3. The van der Waals surface area contributed by atoms with Gasteiger partial charge in [-0.2, -0.15) is 0 Å². The fourth-order valence-electron chi connectivity index (χ4n) is 4.68. The van der Waals surface area contributed by atoms with Crippen molar-refractivity contribution in [2.24, 2.45) is 4.99 Å². The molecule has 3 atom stereocenters. The lowest BCUT2D eigenvalue weighted by Crippen LogP contribution is -2.35. The SMILES string of the molecule is CCC1CSC2=NC(c3ccccn3)C(c3cc(C)n(C4CC4)c3C)N21. The van der Waals surface area contributed by atoms with Gasteiger partial charge in [0, 0.05) is 35.4 Å². The van der Waals surface area contributed by atoms with E-state index in [2.05, 4.69) is 53.4 Å². The number of aryl methyl sites for hydroxylation is 1. The summed E-state index contributed by atoms with van der Waals surface area (Å²) in [4.78, 5) is 12.4. The number of pyridine rings is 1. The van der Waals surface area contributed by atoms with Gasteiger partial charge in [-0.25, -0.2) is 0 Å². The molecule has 26 heavy (non-hydrogen) atoms. The molecule has 0 radical (unpaired) electrons. The second-order valence-corrected chi connectivity index (χ2v) is 8.75. The smallest absolute Gasteiger partial charge is 0.160 e. The molecule has 3 aliphatic rings. The summed E-state index contributed by atoms with van der Waals surface area (Å²) < 4.78 is 2.56. The summed E-state index contributed by atoms with van der Waals surface area (Å²) >= 11 is 1.92. The van der Waals surface area contributed by atoms with E-state index >= 15 is 0 Å². The van der Waals surface area contributed by atoms with Crippen molar-refractivity contribution in [1.29, 1.82) is 0 Å². The van der Waals surface area contributed by atoms with Gasteiger partial charge in [-0.1, -0.05) is 24.8 Å². The van der Waals surface area contributed by atoms with Crippen molar-refractivity contribution in [2.75, 3.05) is 5.75 Å². The van der Waals surface area contributed by atoms with Crippen molar-refractivity contribution in [1.82, 2.24) is 14.5 Å². The van der Waals surface area contributed by atoms with Gasteiger partial charge in [0.05, 0.1) is 11.7 Å². The Morgan fingerprint density at radius 1 is 1.23 bits per heavy atom. The van der Waals surface area contributed by atoms with Gasteiger partial charge in [0.15, 0.2) is 5.17 Å². The van der Waals surface area contributed by atoms with Crippen molar-refractivity contribution in [3.05, 3.63) is 53.1 Å².